The lowest BCUT2D eigenvalue weighted by molar-refractivity contribution is 0.0734. The van der Waals surface area contributed by atoms with Gasteiger partial charge in [-0.3, -0.25) is 0 Å². The van der Waals surface area contributed by atoms with E-state index in [1.807, 2.05) is 30.3 Å². The van der Waals surface area contributed by atoms with Gasteiger partial charge >= 0.3 is 5.97 Å². The Bertz CT molecular complexity index is 780. The van der Waals surface area contributed by atoms with Crippen molar-refractivity contribution in [3.05, 3.63) is 66.7 Å². The van der Waals surface area contributed by atoms with Crippen LogP contribution in [0.4, 0.5) is 0 Å². The highest BCUT2D eigenvalue weighted by Gasteiger charge is 2.09. The van der Waals surface area contributed by atoms with Crippen molar-refractivity contribution in [3.8, 4) is 17.2 Å². The van der Waals surface area contributed by atoms with Gasteiger partial charge in [-0.25, -0.2) is 4.79 Å². The summed E-state index contributed by atoms with van der Waals surface area (Å²) in [4.78, 5) is 12.4. The van der Waals surface area contributed by atoms with Gasteiger partial charge in [-0.05, 0) is 74.2 Å². The lowest BCUT2D eigenvalue weighted by atomic mass is 10.1. The molecule has 0 radical (unpaired) electrons. The zero-order chi connectivity index (χ0) is 23.6. The van der Waals surface area contributed by atoms with Gasteiger partial charge in [0, 0.05) is 0 Å². The summed E-state index contributed by atoms with van der Waals surface area (Å²) < 4.78 is 17.0. The highest BCUT2D eigenvalue weighted by molar-refractivity contribution is 5.91. The number of carbonyl (C=O) groups is 1. The topological polar surface area (TPSA) is 44.8 Å². The number of hydrogen-bond donors (Lipinski definition) is 0. The maximum absolute atomic E-state index is 12.4. The second-order valence-electron chi connectivity index (χ2n) is 8.34. The van der Waals surface area contributed by atoms with E-state index in [0.717, 1.165) is 37.2 Å². The molecule has 0 saturated carbocycles. The van der Waals surface area contributed by atoms with Crippen molar-refractivity contribution in [2.45, 2.75) is 77.6 Å². The van der Waals surface area contributed by atoms with Crippen LogP contribution in [0.5, 0.6) is 17.2 Å². The van der Waals surface area contributed by atoms with E-state index in [1.54, 1.807) is 24.3 Å². The molecule has 0 N–H and O–H groups in total. The van der Waals surface area contributed by atoms with Crippen molar-refractivity contribution < 1.29 is 19.0 Å². The average molecular weight is 453 g/mol. The van der Waals surface area contributed by atoms with E-state index in [0.29, 0.717) is 24.5 Å². The summed E-state index contributed by atoms with van der Waals surface area (Å²) in [6, 6.07) is 14.3. The first-order valence-electron chi connectivity index (χ1n) is 12.5. The number of benzene rings is 2. The van der Waals surface area contributed by atoms with Gasteiger partial charge in [0.2, 0.25) is 0 Å². The van der Waals surface area contributed by atoms with Crippen molar-refractivity contribution in [1.82, 2.24) is 0 Å². The molecular weight excluding hydrogens is 412 g/mol. The second kappa shape index (κ2) is 16.8. The van der Waals surface area contributed by atoms with Gasteiger partial charge in [0.15, 0.2) is 0 Å². The Kier molecular flexibility index (Phi) is 13.5. The maximum atomic E-state index is 12.4. The Balaban J connectivity index is 1.62. The van der Waals surface area contributed by atoms with Crippen LogP contribution in [0.15, 0.2) is 61.2 Å². The van der Waals surface area contributed by atoms with Crippen LogP contribution in [0.2, 0.25) is 0 Å². The highest BCUT2D eigenvalue weighted by Crippen LogP contribution is 2.20. The Morgan fingerprint density at radius 2 is 1.18 bits per heavy atom. The first kappa shape index (κ1) is 26.5. The fraction of sp³-hybridized carbons (Fsp3) is 0.483. The summed E-state index contributed by atoms with van der Waals surface area (Å²) in [6.45, 7) is 7.33. The lowest BCUT2D eigenvalue weighted by Gasteiger charge is -2.09. The van der Waals surface area contributed by atoms with Crippen LogP contribution >= 0.6 is 0 Å². The molecule has 0 unspecified atom stereocenters. The summed E-state index contributed by atoms with van der Waals surface area (Å²) in [5, 5.41) is 0. The monoisotopic (exact) mass is 452 g/mol. The Morgan fingerprint density at radius 3 is 1.76 bits per heavy atom. The summed E-state index contributed by atoms with van der Waals surface area (Å²) in [5.74, 6) is 1.69. The van der Waals surface area contributed by atoms with E-state index in [9.17, 15) is 4.79 Å². The summed E-state index contributed by atoms with van der Waals surface area (Å²) in [7, 11) is 0. The fourth-order valence-electron chi connectivity index (χ4n) is 3.46. The molecule has 0 aromatic heterocycles. The van der Waals surface area contributed by atoms with Gasteiger partial charge in [0.1, 0.15) is 17.2 Å². The van der Waals surface area contributed by atoms with Gasteiger partial charge < -0.3 is 14.2 Å². The molecule has 2 aromatic rings. The molecule has 0 spiro atoms. The predicted octanol–water partition coefficient (Wildman–Crippen LogP) is 8.16. The number of esters is 1. The van der Waals surface area contributed by atoms with E-state index < -0.39 is 0 Å². The number of ether oxygens (including phenoxy) is 3. The number of allylic oxidation sites excluding steroid dienone is 1. The molecule has 0 bridgehead atoms. The molecule has 0 atom stereocenters. The molecule has 180 valence electrons. The third-order valence-electron chi connectivity index (χ3n) is 5.46. The van der Waals surface area contributed by atoms with Crippen molar-refractivity contribution in [2.24, 2.45) is 0 Å². The third kappa shape index (κ3) is 11.6. The number of unbranched alkanes of at least 4 members (excludes halogenated alkanes) is 9. The van der Waals surface area contributed by atoms with Gasteiger partial charge in [0.05, 0.1) is 18.8 Å². The Hall–Kier alpha value is -2.75. The molecule has 0 aliphatic heterocycles. The zero-order valence-corrected chi connectivity index (χ0v) is 20.2. The smallest absolute Gasteiger partial charge is 0.343 e. The average Bonchev–Trinajstić information content (AvgIpc) is 2.84. The minimum absolute atomic E-state index is 0.384. The standard InChI is InChI=1S/C29H40O4/c1-3-5-7-8-9-10-11-12-14-24-32-27-19-21-28(22-20-27)33-29(30)25-15-17-26(18-16-25)31-23-13-6-4-2/h3,15-22H,1,4-14,23-24H2,2H3. The number of rotatable bonds is 18. The lowest BCUT2D eigenvalue weighted by Crippen LogP contribution is -2.08. The van der Waals surface area contributed by atoms with Crippen LogP contribution in [0.1, 0.15) is 87.9 Å². The molecule has 33 heavy (non-hydrogen) atoms. The molecule has 0 fully saturated rings. The minimum atomic E-state index is -0.384. The quantitative estimate of drug-likeness (QED) is 0.0990. The number of hydrogen-bond acceptors (Lipinski definition) is 4. The third-order valence-corrected chi connectivity index (χ3v) is 5.46. The molecule has 2 aromatic carbocycles. The molecule has 0 saturated heterocycles. The largest absolute Gasteiger partial charge is 0.494 e. The first-order chi connectivity index (χ1) is 16.2. The van der Waals surface area contributed by atoms with E-state index in [1.165, 1.54) is 44.9 Å². The normalized spacial score (nSPS) is 10.6. The van der Waals surface area contributed by atoms with E-state index in [2.05, 4.69) is 13.5 Å². The van der Waals surface area contributed by atoms with Crippen molar-refractivity contribution in [2.75, 3.05) is 13.2 Å². The minimum Gasteiger partial charge on any atom is -0.494 e. The van der Waals surface area contributed by atoms with Crippen molar-refractivity contribution in [1.29, 1.82) is 0 Å². The van der Waals surface area contributed by atoms with Crippen LogP contribution in [0, 0.1) is 0 Å². The maximum Gasteiger partial charge on any atom is 0.343 e. The molecule has 2 rings (SSSR count). The molecule has 0 aliphatic rings. The Labute approximate surface area is 200 Å². The Morgan fingerprint density at radius 1 is 0.697 bits per heavy atom. The molecule has 0 aliphatic carbocycles. The van der Waals surface area contributed by atoms with Gasteiger partial charge in [-0.1, -0.05) is 57.9 Å². The summed E-state index contributed by atoms with van der Waals surface area (Å²) >= 11 is 0. The molecule has 4 nitrogen and oxygen atoms in total. The van der Waals surface area contributed by atoms with Crippen LogP contribution in [0.3, 0.4) is 0 Å². The highest BCUT2D eigenvalue weighted by atomic mass is 16.5. The zero-order valence-electron chi connectivity index (χ0n) is 20.2. The van der Waals surface area contributed by atoms with Crippen molar-refractivity contribution in [3.63, 3.8) is 0 Å². The molecule has 4 heteroatoms. The SMILES string of the molecule is C=CCCCCCCCCCOc1ccc(OC(=O)c2ccc(OCCCCC)cc2)cc1. The number of carbonyl (C=O) groups excluding carboxylic acids is 1. The fourth-order valence-corrected chi connectivity index (χ4v) is 3.46. The summed E-state index contributed by atoms with van der Waals surface area (Å²) in [6.07, 6.45) is 15.2. The first-order valence-corrected chi connectivity index (χ1v) is 12.5. The predicted molar refractivity (Wildman–Crippen MR) is 135 cm³/mol. The van der Waals surface area contributed by atoms with Crippen LogP contribution in [-0.2, 0) is 0 Å². The second-order valence-corrected chi connectivity index (χ2v) is 8.34. The van der Waals surface area contributed by atoms with Crippen molar-refractivity contribution >= 4 is 5.97 Å². The van der Waals surface area contributed by atoms with Gasteiger partial charge in [-0.15, -0.1) is 6.58 Å². The van der Waals surface area contributed by atoms with Crippen LogP contribution < -0.4 is 14.2 Å². The molecular formula is C29H40O4. The summed E-state index contributed by atoms with van der Waals surface area (Å²) in [5.41, 5.74) is 0.497. The van der Waals surface area contributed by atoms with Crippen LogP contribution in [0.25, 0.3) is 0 Å². The molecule has 0 heterocycles. The van der Waals surface area contributed by atoms with Gasteiger partial charge in [-0.2, -0.15) is 0 Å². The van der Waals surface area contributed by atoms with Crippen LogP contribution in [-0.4, -0.2) is 19.2 Å². The van der Waals surface area contributed by atoms with E-state index in [4.69, 9.17) is 14.2 Å². The van der Waals surface area contributed by atoms with E-state index >= 15 is 0 Å². The van der Waals surface area contributed by atoms with Gasteiger partial charge in [0.25, 0.3) is 0 Å². The molecule has 0 amide bonds. The van der Waals surface area contributed by atoms with E-state index in [-0.39, 0.29) is 5.97 Å².